The molecule has 0 amide bonds. The topological polar surface area (TPSA) is 17.1 Å². The molecular formula is C11H12BrFOS. The number of carbonyl (C=O) groups is 1. The molecule has 1 aromatic rings. The summed E-state index contributed by atoms with van der Waals surface area (Å²) in [6, 6.07) is 4.78. The van der Waals surface area contributed by atoms with Gasteiger partial charge in [0.15, 0.2) is 5.78 Å². The lowest BCUT2D eigenvalue weighted by atomic mass is 10.1. The minimum absolute atomic E-state index is 0.146. The molecule has 0 fully saturated rings. The van der Waals surface area contributed by atoms with Gasteiger partial charge in [0.1, 0.15) is 5.82 Å². The van der Waals surface area contributed by atoms with Crippen LogP contribution in [0.4, 0.5) is 4.39 Å². The first-order valence-corrected chi connectivity index (χ1v) is 6.66. The van der Waals surface area contributed by atoms with Crippen molar-refractivity contribution in [1.29, 1.82) is 0 Å². The molecule has 0 aliphatic heterocycles. The second kappa shape index (κ2) is 6.28. The minimum Gasteiger partial charge on any atom is -0.293 e. The largest absolute Gasteiger partial charge is 0.293 e. The summed E-state index contributed by atoms with van der Waals surface area (Å²) in [6.45, 7) is 2.05. The second-order valence-electron chi connectivity index (χ2n) is 3.08. The van der Waals surface area contributed by atoms with E-state index in [1.807, 2.05) is 0 Å². The van der Waals surface area contributed by atoms with E-state index < -0.39 is 5.82 Å². The SMILES string of the molecule is CCCSCC(=O)c1cccc(Br)c1F. The number of carbonyl (C=O) groups excluding carboxylic acids is 1. The molecule has 0 radical (unpaired) electrons. The highest BCUT2D eigenvalue weighted by molar-refractivity contribution is 9.10. The van der Waals surface area contributed by atoms with Crippen molar-refractivity contribution in [2.45, 2.75) is 13.3 Å². The summed E-state index contributed by atoms with van der Waals surface area (Å²) in [5, 5.41) is 0. The third-order valence-electron chi connectivity index (χ3n) is 1.83. The van der Waals surface area contributed by atoms with Crippen molar-refractivity contribution in [3.8, 4) is 0 Å². The van der Waals surface area contributed by atoms with E-state index in [2.05, 4.69) is 22.9 Å². The highest BCUT2D eigenvalue weighted by atomic mass is 79.9. The highest BCUT2D eigenvalue weighted by Crippen LogP contribution is 2.20. The number of benzene rings is 1. The average Bonchev–Trinajstić information content (AvgIpc) is 2.22. The van der Waals surface area contributed by atoms with Gasteiger partial charge in [-0.3, -0.25) is 4.79 Å². The molecule has 0 N–H and O–H groups in total. The summed E-state index contributed by atoms with van der Waals surface area (Å²) in [7, 11) is 0. The van der Waals surface area contributed by atoms with Crippen molar-refractivity contribution in [2.75, 3.05) is 11.5 Å². The van der Waals surface area contributed by atoms with Crippen LogP contribution in [0.1, 0.15) is 23.7 Å². The molecule has 4 heteroatoms. The van der Waals surface area contributed by atoms with Gasteiger partial charge in [-0.25, -0.2) is 4.39 Å². The summed E-state index contributed by atoms with van der Waals surface area (Å²) in [6.07, 6.45) is 1.03. The lowest BCUT2D eigenvalue weighted by Crippen LogP contribution is -2.06. The molecule has 0 aromatic heterocycles. The zero-order chi connectivity index (χ0) is 11.3. The van der Waals surface area contributed by atoms with E-state index in [1.54, 1.807) is 12.1 Å². The molecule has 15 heavy (non-hydrogen) atoms. The normalized spacial score (nSPS) is 10.3. The number of hydrogen-bond acceptors (Lipinski definition) is 2. The zero-order valence-corrected chi connectivity index (χ0v) is 10.8. The Morgan fingerprint density at radius 1 is 1.53 bits per heavy atom. The second-order valence-corrected chi connectivity index (χ2v) is 5.04. The number of hydrogen-bond donors (Lipinski definition) is 0. The molecule has 0 spiro atoms. The minimum atomic E-state index is -0.459. The number of thioether (sulfide) groups is 1. The van der Waals surface area contributed by atoms with Gasteiger partial charge in [0, 0.05) is 0 Å². The van der Waals surface area contributed by atoms with Crippen LogP contribution < -0.4 is 0 Å². The summed E-state index contributed by atoms with van der Waals surface area (Å²) in [5.41, 5.74) is 0.174. The molecule has 0 unspecified atom stereocenters. The van der Waals surface area contributed by atoms with Crippen molar-refractivity contribution in [3.63, 3.8) is 0 Å². The Labute approximate surface area is 102 Å². The van der Waals surface area contributed by atoms with Crippen LogP contribution in [-0.2, 0) is 0 Å². The maximum Gasteiger partial charge on any atom is 0.175 e. The van der Waals surface area contributed by atoms with E-state index in [9.17, 15) is 9.18 Å². The molecule has 0 bridgehead atoms. The zero-order valence-electron chi connectivity index (χ0n) is 8.43. The average molecular weight is 291 g/mol. The summed E-state index contributed by atoms with van der Waals surface area (Å²) in [4.78, 5) is 11.6. The van der Waals surface area contributed by atoms with Crippen LogP contribution in [0.15, 0.2) is 22.7 Å². The molecule has 1 aromatic carbocycles. The fraction of sp³-hybridized carbons (Fsp3) is 0.364. The Hall–Kier alpha value is -0.350. The van der Waals surface area contributed by atoms with E-state index in [0.717, 1.165) is 12.2 Å². The molecule has 0 heterocycles. The van der Waals surface area contributed by atoms with Crippen LogP contribution >= 0.6 is 27.7 Å². The molecule has 1 nitrogen and oxygen atoms in total. The maximum atomic E-state index is 13.5. The van der Waals surface area contributed by atoms with Crippen molar-refractivity contribution in [3.05, 3.63) is 34.1 Å². The summed E-state index contributed by atoms with van der Waals surface area (Å²) >= 11 is 4.60. The van der Waals surface area contributed by atoms with Gasteiger partial charge in [0.25, 0.3) is 0 Å². The van der Waals surface area contributed by atoms with Gasteiger partial charge in [-0.2, -0.15) is 11.8 Å². The van der Waals surface area contributed by atoms with Crippen molar-refractivity contribution in [2.24, 2.45) is 0 Å². The van der Waals surface area contributed by atoms with E-state index in [4.69, 9.17) is 0 Å². The number of rotatable bonds is 5. The van der Waals surface area contributed by atoms with Crippen LogP contribution in [0, 0.1) is 5.82 Å². The molecule has 0 saturated heterocycles. The van der Waals surface area contributed by atoms with Crippen molar-refractivity contribution >= 4 is 33.5 Å². The van der Waals surface area contributed by atoms with Crippen molar-refractivity contribution < 1.29 is 9.18 Å². The Kier molecular flexibility index (Phi) is 5.32. The van der Waals surface area contributed by atoms with Gasteiger partial charge >= 0.3 is 0 Å². The van der Waals surface area contributed by atoms with Crippen LogP contribution in [0.5, 0.6) is 0 Å². The van der Waals surface area contributed by atoms with E-state index in [1.165, 1.54) is 17.8 Å². The molecule has 82 valence electrons. The monoisotopic (exact) mass is 290 g/mol. The molecule has 0 aliphatic carbocycles. The van der Waals surface area contributed by atoms with Gasteiger partial charge in [-0.1, -0.05) is 13.0 Å². The summed E-state index contributed by atoms with van der Waals surface area (Å²) in [5.74, 6) is 0.676. The molecular weight excluding hydrogens is 279 g/mol. The molecule has 1 rings (SSSR count). The smallest absolute Gasteiger partial charge is 0.175 e. The first-order chi connectivity index (χ1) is 7.16. The van der Waals surface area contributed by atoms with Crippen molar-refractivity contribution in [1.82, 2.24) is 0 Å². The van der Waals surface area contributed by atoms with Gasteiger partial charge in [-0.15, -0.1) is 0 Å². The van der Waals surface area contributed by atoms with E-state index >= 15 is 0 Å². The number of Topliss-reactive ketones (excluding diaryl/α,β-unsaturated/α-hetero) is 1. The van der Waals surface area contributed by atoms with Crippen LogP contribution in [0.2, 0.25) is 0 Å². The predicted molar refractivity (Wildman–Crippen MR) is 66.0 cm³/mol. The number of halogens is 2. The Morgan fingerprint density at radius 2 is 2.27 bits per heavy atom. The van der Waals surface area contributed by atoms with Crippen LogP contribution in [0.25, 0.3) is 0 Å². The first kappa shape index (κ1) is 12.7. The third kappa shape index (κ3) is 3.61. The fourth-order valence-corrected chi connectivity index (χ4v) is 2.25. The Morgan fingerprint density at radius 3 is 2.93 bits per heavy atom. The third-order valence-corrected chi connectivity index (χ3v) is 3.61. The standard InChI is InChI=1S/C11H12BrFOS/c1-2-6-15-7-10(14)8-4-3-5-9(12)11(8)13/h3-5H,2,6-7H2,1H3. The highest BCUT2D eigenvalue weighted by Gasteiger charge is 2.13. The molecule has 0 saturated carbocycles. The summed E-state index contributed by atoms with van der Waals surface area (Å²) < 4.78 is 13.8. The Balaban J connectivity index is 2.69. The van der Waals surface area contributed by atoms with E-state index in [0.29, 0.717) is 10.2 Å². The van der Waals surface area contributed by atoms with Gasteiger partial charge in [-0.05, 0) is 40.2 Å². The predicted octanol–water partition coefficient (Wildman–Crippen LogP) is 3.91. The van der Waals surface area contributed by atoms with Crippen LogP contribution in [0.3, 0.4) is 0 Å². The lowest BCUT2D eigenvalue weighted by Gasteiger charge is -2.03. The molecule has 0 aliphatic rings. The van der Waals surface area contributed by atoms with E-state index in [-0.39, 0.29) is 11.3 Å². The van der Waals surface area contributed by atoms with Gasteiger partial charge < -0.3 is 0 Å². The maximum absolute atomic E-state index is 13.5. The lowest BCUT2D eigenvalue weighted by molar-refractivity contribution is 0.101. The number of ketones is 1. The first-order valence-electron chi connectivity index (χ1n) is 4.71. The van der Waals surface area contributed by atoms with Crippen LogP contribution in [-0.4, -0.2) is 17.3 Å². The van der Waals surface area contributed by atoms with Gasteiger partial charge in [0.05, 0.1) is 15.8 Å². The quantitative estimate of drug-likeness (QED) is 0.604. The Bertz CT molecular complexity index is 354. The van der Waals surface area contributed by atoms with Gasteiger partial charge in [0.2, 0.25) is 0 Å². The molecule has 0 atom stereocenters. The fourth-order valence-electron chi connectivity index (χ4n) is 1.11.